The quantitative estimate of drug-likeness (QED) is 0.531. The molecular formula is C10H18N4O2. The third kappa shape index (κ3) is 4.39. The van der Waals surface area contributed by atoms with Crippen molar-refractivity contribution in [1.29, 1.82) is 0 Å². The standard InChI is InChI=1S/C10H18N4O2/c1-3-16-10(15)9(2)11-5-4-7-14-8-6-12-13-14/h6,8-9,11H,3-5,7H2,1-2H3. The van der Waals surface area contributed by atoms with Crippen molar-refractivity contribution in [3.8, 4) is 0 Å². The first kappa shape index (κ1) is 12.6. The molecule has 6 nitrogen and oxygen atoms in total. The van der Waals surface area contributed by atoms with Crippen molar-refractivity contribution in [2.24, 2.45) is 0 Å². The summed E-state index contributed by atoms with van der Waals surface area (Å²) in [5.74, 6) is -0.205. The molecule has 0 radical (unpaired) electrons. The molecule has 0 aliphatic heterocycles. The molecule has 0 aromatic carbocycles. The van der Waals surface area contributed by atoms with E-state index in [0.29, 0.717) is 6.61 Å². The molecule has 1 N–H and O–H groups in total. The zero-order valence-electron chi connectivity index (χ0n) is 9.72. The van der Waals surface area contributed by atoms with E-state index in [1.807, 2.05) is 6.20 Å². The Morgan fingerprint density at radius 1 is 1.62 bits per heavy atom. The summed E-state index contributed by atoms with van der Waals surface area (Å²) in [4.78, 5) is 11.3. The van der Waals surface area contributed by atoms with Gasteiger partial charge in [0.2, 0.25) is 0 Å². The maximum absolute atomic E-state index is 11.3. The van der Waals surface area contributed by atoms with Gasteiger partial charge in [0.05, 0.1) is 12.8 Å². The molecule has 1 aromatic rings. The Morgan fingerprint density at radius 3 is 3.06 bits per heavy atom. The second kappa shape index (κ2) is 6.95. The maximum atomic E-state index is 11.3. The van der Waals surface area contributed by atoms with Crippen LogP contribution in [-0.2, 0) is 16.1 Å². The summed E-state index contributed by atoms with van der Waals surface area (Å²) < 4.78 is 6.64. The third-order valence-corrected chi connectivity index (χ3v) is 2.13. The monoisotopic (exact) mass is 226 g/mol. The second-order valence-corrected chi connectivity index (χ2v) is 3.45. The van der Waals surface area contributed by atoms with Gasteiger partial charge in [-0.05, 0) is 26.8 Å². The molecule has 1 rings (SSSR count). The lowest BCUT2D eigenvalue weighted by Crippen LogP contribution is -2.36. The van der Waals surface area contributed by atoms with E-state index < -0.39 is 0 Å². The van der Waals surface area contributed by atoms with Crippen LogP contribution in [0.1, 0.15) is 20.3 Å². The molecule has 1 unspecified atom stereocenters. The topological polar surface area (TPSA) is 69.0 Å². The summed E-state index contributed by atoms with van der Waals surface area (Å²) in [5, 5.41) is 10.6. The van der Waals surface area contributed by atoms with E-state index in [2.05, 4.69) is 15.6 Å². The molecule has 0 aliphatic rings. The number of carbonyl (C=O) groups excluding carboxylic acids is 1. The molecule has 0 amide bonds. The van der Waals surface area contributed by atoms with E-state index in [-0.39, 0.29) is 12.0 Å². The Labute approximate surface area is 95.0 Å². The second-order valence-electron chi connectivity index (χ2n) is 3.45. The lowest BCUT2D eigenvalue weighted by atomic mass is 10.3. The zero-order valence-corrected chi connectivity index (χ0v) is 9.72. The number of rotatable bonds is 7. The van der Waals surface area contributed by atoms with Gasteiger partial charge in [-0.15, -0.1) is 5.10 Å². The van der Waals surface area contributed by atoms with Crippen molar-refractivity contribution >= 4 is 5.97 Å². The first-order chi connectivity index (χ1) is 7.74. The SMILES string of the molecule is CCOC(=O)C(C)NCCCn1ccnn1. The molecule has 0 aliphatic carbocycles. The maximum Gasteiger partial charge on any atom is 0.322 e. The molecular weight excluding hydrogens is 208 g/mol. The third-order valence-electron chi connectivity index (χ3n) is 2.13. The molecule has 1 atom stereocenters. The van der Waals surface area contributed by atoms with Gasteiger partial charge in [-0.25, -0.2) is 0 Å². The summed E-state index contributed by atoms with van der Waals surface area (Å²) in [7, 11) is 0. The number of aryl methyl sites for hydroxylation is 1. The van der Waals surface area contributed by atoms with Crippen LogP contribution in [0.4, 0.5) is 0 Å². The van der Waals surface area contributed by atoms with E-state index in [1.54, 1.807) is 24.7 Å². The predicted molar refractivity (Wildman–Crippen MR) is 58.7 cm³/mol. The average Bonchev–Trinajstić information content (AvgIpc) is 2.77. The Balaban J connectivity index is 2.08. The minimum atomic E-state index is -0.254. The van der Waals surface area contributed by atoms with Crippen LogP contribution >= 0.6 is 0 Å². The molecule has 0 fully saturated rings. The fourth-order valence-electron chi connectivity index (χ4n) is 1.26. The lowest BCUT2D eigenvalue weighted by Gasteiger charge is -2.12. The number of esters is 1. The molecule has 0 spiro atoms. The Hall–Kier alpha value is -1.43. The molecule has 90 valence electrons. The highest BCUT2D eigenvalue weighted by Crippen LogP contribution is 1.90. The summed E-state index contributed by atoms with van der Waals surface area (Å²) in [6, 6.07) is -0.254. The Bertz CT molecular complexity index is 300. The number of hydrogen-bond donors (Lipinski definition) is 1. The molecule has 16 heavy (non-hydrogen) atoms. The van der Waals surface area contributed by atoms with Gasteiger partial charge in [-0.1, -0.05) is 5.21 Å². The van der Waals surface area contributed by atoms with Gasteiger partial charge in [0.1, 0.15) is 6.04 Å². The van der Waals surface area contributed by atoms with Crippen LogP contribution in [-0.4, -0.2) is 40.2 Å². The van der Waals surface area contributed by atoms with Gasteiger partial charge in [0.15, 0.2) is 0 Å². The number of nitrogens with zero attached hydrogens (tertiary/aromatic N) is 3. The van der Waals surface area contributed by atoms with Gasteiger partial charge >= 0.3 is 5.97 Å². The van der Waals surface area contributed by atoms with Crippen LogP contribution in [0, 0.1) is 0 Å². The summed E-state index contributed by atoms with van der Waals surface area (Å²) in [5.41, 5.74) is 0. The van der Waals surface area contributed by atoms with Crippen molar-refractivity contribution in [3.05, 3.63) is 12.4 Å². The van der Waals surface area contributed by atoms with Crippen LogP contribution in [0.3, 0.4) is 0 Å². The number of aromatic nitrogens is 3. The van der Waals surface area contributed by atoms with Gasteiger partial charge in [-0.2, -0.15) is 0 Å². The Kier molecular flexibility index (Phi) is 5.49. The molecule has 6 heteroatoms. The minimum Gasteiger partial charge on any atom is -0.465 e. The number of hydrogen-bond acceptors (Lipinski definition) is 5. The number of nitrogens with one attached hydrogen (secondary N) is 1. The zero-order chi connectivity index (χ0) is 11.8. The molecule has 0 saturated heterocycles. The van der Waals surface area contributed by atoms with E-state index >= 15 is 0 Å². The predicted octanol–water partition coefficient (Wildman–Crippen LogP) is 0.209. The lowest BCUT2D eigenvalue weighted by molar-refractivity contribution is -0.145. The minimum absolute atomic E-state index is 0.205. The van der Waals surface area contributed by atoms with Crippen molar-refractivity contribution in [2.75, 3.05) is 13.2 Å². The first-order valence-corrected chi connectivity index (χ1v) is 5.48. The van der Waals surface area contributed by atoms with Crippen LogP contribution < -0.4 is 5.32 Å². The van der Waals surface area contributed by atoms with E-state index in [1.165, 1.54) is 0 Å². The fraction of sp³-hybridized carbons (Fsp3) is 0.700. The van der Waals surface area contributed by atoms with Crippen molar-refractivity contribution in [3.63, 3.8) is 0 Å². The highest BCUT2D eigenvalue weighted by molar-refractivity contribution is 5.75. The van der Waals surface area contributed by atoms with E-state index in [4.69, 9.17) is 4.74 Å². The summed E-state index contributed by atoms with van der Waals surface area (Å²) >= 11 is 0. The highest BCUT2D eigenvalue weighted by atomic mass is 16.5. The molecule has 1 aromatic heterocycles. The molecule has 1 heterocycles. The number of ether oxygens (including phenoxy) is 1. The summed E-state index contributed by atoms with van der Waals surface area (Å²) in [6.07, 6.45) is 4.36. The van der Waals surface area contributed by atoms with Gasteiger partial charge in [-0.3, -0.25) is 9.48 Å². The smallest absolute Gasteiger partial charge is 0.322 e. The van der Waals surface area contributed by atoms with E-state index in [0.717, 1.165) is 19.5 Å². The van der Waals surface area contributed by atoms with Crippen LogP contribution in [0.2, 0.25) is 0 Å². The first-order valence-electron chi connectivity index (χ1n) is 5.48. The average molecular weight is 226 g/mol. The number of carbonyl (C=O) groups is 1. The normalized spacial score (nSPS) is 12.4. The van der Waals surface area contributed by atoms with Crippen LogP contribution in [0.25, 0.3) is 0 Å². The van der Waals surface area contributed by atoms with Gasteiger partial charge < -0.3 is 10.1 Å². The van der Waals surface area contributed by atoms with Crippen LogP contribution in [0.15, 0.2) is 12.4 Å². The van der Waals surface area contributed by atoms with Crippen molar-refractivity contribution in [2.45, 2.75) is 32.9 Å². The fourth-order valence-corrected chi connectivity index (χ4v) is 1.26. The molecule has 0 saturated carbocycles. The van der Waals surface area contributed by atoms with Gasteiger partial charge in [0.25, 0.3) is 0 Å². The molecule has 0 bridgehead atoms. The van der Waals surface area contributed by atoms with Crippen molar-refractivity contribution in [1.82, 2.24) is 20.3 Å². The van der Waals surface area contributed by atoms with Crippen molar-refractivity contribution < 1.29 is 9.53 Å². The Morgan fingerprint density at radius 2 is 2.44 bits per heavy atom. The van der Waals surface area contributed by atoms with Gasteiger partial charge in [0, 0.05) is 12.7 Å². The summed E-state index contributed by atoms with van der Waals surface area (Å²) in [6.45, 7) is 5.56. The highest BCUT2D eigenvalue weighted by Gasteiger charge is 2.11. The van der Waals surface area contributed by atoms with E-state index in [9.17, 15) is 4.79 Å². The largest absolute Gasteiger partial charge is 0.465 e. The van der Waals surface area contributed by atoms with Crippen LogP contribution in [0.5, 0.6) is 0 Å².